The predicted octanol–water partition coefficient (Wildman–Crippen LogP) is -1.87. The van der Waals surface area contributed by atoms with Crippen LogP contribution in [0.5, 0.6) is 0 Å². The summed E-state index contributed by atoms with van der Waals surface area (Å²) in [6.07, 6.45) is -0.676. The molecular weight excluding hydrogens is 354 g/mol. The average Bonchev–Trinajstić information content (AvgIpc) is 3.04. The molecule has 2 rings (SSSR count). The summed E-state index contributed by atoms with van der Waals surface area (Å²) in [5.41, 5.74) is 0. The fraction of sp³-hybridized carbons (Fsp3) is 1.00. The lowest BCUT2D eigenvalue weighted by Gasteiger charge is -2.26. The minimum atomic E-state index is -3.26. The van der Waals surface area contributed by atoms with Crippen LogP contribution in [0.4, 0.5) is 0 Å². The third-order valence-electron chi connectivity index (χ3n) is 5.57. The highest BCUT2D eigenvalue weighted by molar-refractivity contribution is 7.79. The van der Waals surface area contributed by atoms with E-state index < -0.39 is 7.47 Å². The van der Waals surface area contributed by atoms with Gasteiger partial charge in [0.2, 0.25) is 0 Å². The van der Waals surface area contributed by atoms with Gasteiger partial charge < -0.3 is 28.0 Å². The molecule has 26 heavy (non-hydrogen) atoms. The van der Waals surface area contributed by atoms with E-state index in [1.807, 2.05) is 14.8 Å². The second kappa shape index (κ2) is 9.64. The molecule has 0 aromatic rings. The monoisotopic (exact) mass is 386 g/mol. The van der Waals surface area contributed by atoms with Crippen LogP contribution in [0, 0.1) is 11.8 Å². The highest BCUT2D eigenvalue weighted by Gasteiger charge is 2.44. The number of methoxy groups -OCH3 is 2. The average molecular weight is 386 g/mol. The second-order valence-corrected chi connectivity index (χ2v) is 9.52. The predicted molar refractivity (Wildman–Crippen MR) is 110 cm³/mol. The van der Waals surface area contributed by atoms with Gasteiger partial charge in [-0.15, -0.1) is 0 Å². The van der Waals surface area contributed by atoms with Gasteiger partial charge in [-0.3, -0.25) is 4.57 Å². The summed E-state index contributed by atoms with van der Waals surface area (Å²) >= 11 is 0. The molecule has 0 spiro atoms. The molecular formula is C14H31B4O7P. The van der Waals surface area contributed by atoms with Gasteiger partial charge in [-0.1, -0.05) is 13.8 Å². The number of ether oxygens (including phenoxy) is 4. The Morgan fingerprint density at radius 3 is 2.35 bits per heavy atom. The summed E-state index contributed by atoms with van der Waals surface area (Å²) in [6, 6.07) is -0.0373. The zero-order chi connectivity index (χ0) is 19.5. The van der Waals surface area contributed by atoms with Gasteiger partial charge in [-0.25, -0.2) is 0 Å². The smallest absolute Gasteiger partial charge is 0.271 e. The normalized spacial score (nSPS) is 42.6. The maximum absolute atomic E-state index is 12.9. The van der Waals surface area contributed by atoms with Gasteiger partial charge in [-0.2, -0.15) is 0 Å². The zero-order valence-corrected chi connectivity index (χ0v) is 17.9. The van der Waals surface area contributed by atoms with Crippen LogP contribution in [0.1, 0.15) is 13.8 Å². The molecule has 12 heteroatoms. The Morgan fingerprint density at radius 2 is 1.77 bits per heavy atom. The molecule has 2 fully saturated rings. The van der Waals surface area contributed by atoms with Crippen LogP contribution in [-0.2, 0) is 32.6 Å². The Kier molecular flexibility index (Phi) is 8.35. The van der Waals surface area contributed by atoms with Gasteiger partial charge in [0.15, 0.2) is 0 Å². The van der Waals surface area contributed by atoms with E-state index in [2.05, 4.69) is 14.7 Å². The number of hydrogen-bond acceptors (Lipinski definition) is 7. The van der Waals surface area contributed by atoms with Gasteiger partial charge in [0.25, 0.3) is 15.0 Å². The number of rotatable bonds is 9. The van der Waals surface area contributed by atoms with Crippen molar-refractivity contribution in [3.05, 3.63) is 0 Å². The standard InChI is InChI=1S/C14H31B4O7P/c1-7-9(5-20-3)23-13(15)12(7)25-26(17,19)22-6-10-11(21-4)8(2)14(18-16)24-10/h7-14,18H,5-6,15-17H2,1-4H3/t7?,8-,9+,10+,11?,12-,13+,14+,26?/m0/s1. The summed E-state index contributed by atoms with van der Waals surface area (Å²) in [7, 11) is 6.48. The summed E-state index contributed by atoms with van der Waals surface area (Å²) < 4.78 is 47.1. The molecule has 9 atom stereocenters. The van der Waals surface area contributed by atoms with Crippen molar-refractivity contribution in [1.29, 1.82) is 0 Å². The molecule has 2 heterocycles. The van der Waals surface area contributed by atoms with Crippen molar-refractivity contribution in [3.8, 4) is 0 Å². The first-order chi connectivity index (χ1) is 12.2. The molecule has 2 saturated heterocycles. The highest BCUT2D eigenvalue weighted by atomic mass is 31.2. The van der Waals surface area contributed by atoms with Crippen molar-refractivity contribution in [3.63, 3.8) is 0 Å². The maximum Gasteiger partial charge on any atom is 0.271 e. The van der Waals surface area contributed by atoms with Crippen molar-refractivity contribution in [2.45, 2.75) is 50.3 Å². The zero-order valence-electron chi connectivity index (χ0n) is 17.0. The van der Waals surface area contributed by atoms with E-state index in [1.54, 1.807) is 14.2 Å². The molecule has 7 nitrogen and oxygen atoms in total. The molecule has 2 aliphatic heterocycles. The molecule has 0 N–H and O–H groups in total. The first-order valence-electron chi connectivity index (χ1n) is 9.47. The highest BCUT2D eigenvalue weighted by Crippen LogP contribution is 2.48. The Balaban J connectivity index is 1.91. The Bertz CT molecular complexity index is 502. The molecule has 0 amide bonds. The SMILES string of the molecule is BB[C@@H]1O[C@H](COP(B)(=O)O[C@H]2C(C)[C@@H](COC)O[C@H]2B)C(OC)[C@@H]1C. The molecule has 0 aliphatic carbocycles. The van der Waals surface area contributed by atoms with E-state index in [9.17, 15) is 4.57 Å². The Hall–Kier alpha value is 0.250. The van der Waals surface area contributed by atoms with Crippen LogP contribution in [0.2, 0.25) is 0 Å². The van der Waals surface area contributed by atoms with Gasteiger partial charge in [0.05, 0.1) is 45.3 Å². The Labute approximate surface area is 160 Å². The first kappa shape index (κ1) is 22.5. The van der Waals surface area contributed by atoms with E-state index >= 15 is 0 Å². The fourth-order valence-corrected chi connectivity index (χ4v) is 5.34. The van der Waals surface area contributed by atoms with Crippen LogP contribution >= 0.6 is 7.47 Å². The van der Waals surface area contributed by atoms with Gasteiger partial charge in [-0.05, 0) is 0 Å². The Morgan fingerprint density at radius 1 is 1.08 bits per heavy atom. The van der Waals surface area contributed by atoms with E-state index in [1.165, 1.54) is 7.57 Å². The van der Waals surface area contributed by atoms with E-state index in [0.29, 0.717) is 6.61 Å². The van der Waals surface area contributed by atoms with E-state index in [4.69, 9.17) is 28.0 Å². The van der Waals surface area contributed by atoms with Crippen molar-refractivity contribution >= 4 is 37.8 Å². The molecule has 146 valence electrons. The van der Waals surface area contributed by atoms with Gasteiger partial charge in [0, 0.05) is 32.1 Å². The third kappa shape index (κ3) is 5.19. The van der Waals surface area contributed by atoms with Gasteiger partial charge in [0.1, 0.15) is 21.1 Å². The van der Waals surface area contributed by atoms with E-state index in [0.717, 1.165) is 7.17 Å². The first-order valence-corrected chi connectivity index (χ1v) is 11.5. The van der Waals surface area contributed by atoms with Crippen molar-refractivity contribution in [2.24, 2.45) is 11.8 Å². The van der Waals surface area contributed by atoms with Crippen molar-refractivity contribution in [2.75, 3.05) is 27.4 Å². The summed E-state index contributed by atoms with van der Waals surface area (Å²) in [5, 5.41) is 0. The number of hydrogen-bond donors (Lipinski definition) is 0. The maximum atomic E-state index is 12.9. The lowest BCUT2D eigenvalue weighted by Crippen LogP contribution is -2.33. The summed E-state index contributed by atoms with van der Waals surface area (Å²) in [4.78, 5) is 0. The second-order valence-electron chi connectivity index (χ2n) is 7.51. The van der Waals surface area contributed by atoms with Crippen LogP contribution in [-0.4, -0.2) is 94.2 Å². The molecule has 0 saturated carbocycles. The molecule has 3 unspecified atom stereocenters. The van der Waals surface area contributed by atoms with Crippen LogP contribution in [0.15, 0.2) is 0 Å². The van der Waals surface area contributed by atoms with Crippen molar-refractivity contribution < 1.29 is 32.6 Å². The van der Waals surface area contributed by atoms with E-state index in [-0.39, 0.29) is 54.9 Å². The lowest BCUT2D eigenvalue weighted by molar-refractivity contribution is -0.0215. The third-order valence-corrected chi connectivity index (χ3v) is 6.81. The van der Waals surface area contributed by atoms with Crippen LogP contribution in [0.25, 0.3) is 0 Å². The molecule has 0 bridgehead atoms. The van der Waals surface area contributed by atoms with Crippen LogP contribution < -0.4 is 0 Å². The molecule has 0 aromatic heterocycles. The minimum Gasteiger partial charge on any atom is -0.382 e. The summed E-state index contributed by atoms with van der Waals surface area (Å²) in [5.74, 6) is 0.342. The largest absolute Gasteiger partial charge is 0.382 e. The summed E-state index contributed by atoms with van der Waals surface area (Å²) in [6.45, 7) is 4.80. The molecule has 0 aromatic carbocycles. The minimum absolute atomic E-state index is 0.0674. The lowest BCUT2D eigenvalue weighted by atomic mass is 9.49. The molecule has 2 aliphatic rings. The fourth-order valence-electron chi connectivity index (χ4n) is 4.06. The quantitative estimate of drug-likeness (QED) is 0.340. The van der Waals surface area contributed by atoms with Crippen LogP contribution in [0.3, 0.4) is 0 Å². The molecule has 0 radical (unpaired) electrons. The van der Waals surface area contributed by atoms with Crippen molar-refractivity contribution in [1.82, 2.24) is 0 Å². The van der Waals surface area contributed by atoms with Gasteiger partial charge >= 0.3 is 0 Å². The topological polar surface area (TPSA) is 72.5 Å².